The molecular formula is C18H23N3O4. The van der Waals surface area contributed by atoms with Gasteiger partial charge >= 0.3 is 6.09 Å². The van der Waals surface area contributed by atoms with E-state index in [1.165, 1.54) is 6.20 Å². The van der Waals surface area contributed by atoms with Gasteiger partial charge in [-0.15, -0.1) is 0 Å². The second-order valence-corrected chi connectivity index (χ2v) is 5.76. The number of alkyl carbamates (subject to hydrolysis) is 1. The molecule has 0 fully saturated rings. The number of amides is 1. The van der Waals surface area contributed by atoms with Gasteiger partial charge in [0.15, 0.2) is 0 Å². The second kappa shape index (κ2) is 9.00. The third-order valence-electron chi connectivity index (χ3n) is 3.78. The number of rotatable bonds is 7. The average molecular weight is 345 g/mol. The summed E-state index contributed by atoms with van der Waals surface area (Å²) in [5.74, 6) is 0.353. The molecule has 0 radical (unpaired) electrons. The molecule has 134 valence electrons. The molecule has 1 heterocycles. The summed E-state index contributed by atoms with van der Waals surface area (Å²) in [4.78, 5) is 15.5. The van der Waals surface area contributed by atoms with Crippen LogP contribution in [0.25, 0.3) is 0 Å². The number of nitrogen functional groups attached to an aromatic ring is 1. The molecule has 7 heteroatoms. The summed E-state index contributed by atoms with van der Waals surface area (Å²) >= 11 is 0. The van der Waals surface area contributed by atoms with Crippen molar-refractivity contribution < 1.29 is 19.7 Å². The maximum Gasteiger partial charge on any atom is 0.407 e. The number of nitrogens with two attached hydrogens (primary N) is 1. The molecule has 5 N–H and O–H groups in total. The molecule has 0 spiro atoms. The Morgan fingerprint density at radius 1 is 1.32 bits per heavy atom. The summed E-state index contributed by atoms with van der Waals surface area (Å²) in [6, 6.07) is 11.0. The predicted octanol–water partition coefficient (Wildman–Crippen LogP) is 1.68. The summed E-state index contributed by atoms with van der Waals surface area (Å²) in [6.07, 6.45) is -1.10. The highest BCUT2D eigenvalue weighted by Crippen LogP contribution is 2.22. The summed E-state index contributed by atoms with van der Waals surface area (Å²) in [5, 5.41) is 22.8. The molecule has 0 aliphatic heterocycles. The van der Waals surface area contributed by atoms with Crippen molar-refractivity contribution in [1.29, 1.82) is 0 Å². The maximum atomic E-state index is 11.6. The van der Waals surface area contributed by atoms with Crippen LogP contribution >= 0.6 is 0 Å². The number of benzene rings is 1. The molecule has 0 saturated carbocycles. The fourth-order valence-electron chi connectivity index (χ4n) is 2.36. The monoisotopic (exact) mass is 345 g/mol. The van der Waals surface area contributed by atoms with Gasteiger partial charge in [-0.25, -0.2) is 9.78 Å². The summed E-state index contributed by atoms with van der Waals surface area (Å²) in [6.45, 7) is 2.13. The van der Waals surface area contributed by atoms with Gasteiger partial charge < -0.3 is 26.0 Å². The van der Waals surface area contributed by atoms with Crippen molar-refractivity contribution in [3.05, 3.63) is 59.3 Å². The first-order valence-corrected chi connectivity index (χ1v) is 8.00. The van der Waals surface area contributed by atoms with Crippen molar-refractivity contribution >= 4 is 11.9 Å². The normalized spacial score (nSPS) is 13.1. The van der Waals surface area contributed by atoms with Crippen LogP contribution in [0.3, 0.4) is 0 Å². The molecule has 2 rings (SSSR count). The largest absolute Gasteiger partial charge is 0.445 e. The minimum atomic E-state index is -1.10. The first kappa shape index (κ1) is 18.7. The van der Waals surface area contributed by atoms with Crippen molar-refractivity contribution in [2.24, 2.45) is 0 Å². The standard InChI is InChI=1S/C18H23N3O4/c1-12-9-16(19)21-10-14(12)17(23)15(22)7-8-20-18(24)25-11-13-5-3-2-4-6-13/h2-6,9-10,15,17,22-23H,7-8,11H2,1H3,(H2,19,21)(H,20,24). The quantitative estimate of drug-likeness (QED) is 0.606. The number of anilines is 1. The number of aromatic nitrogens is 1. The maximum absolute atomic E-state index is 11.6. The SMILES string of the molecule is Cc1cc(N)ncc1C(O)C(O)CCNC(=O)OCc1ccccc1. The fraction of sp³-hybridized carbons (Fsp3) is 0.333. The molecule has 0 aliphatic rings. The predicted molar refractivity (Wildman–Crippen MR) is 93.6 cm³/mol. The zero-order valence-electron chi connectivity index (χ0n) is 14.1. The van der Waals surface area contributed by atoms with Crippen molar-refractivity contribution in [1.82, 2.24) is 10.3 Å². The number of carbonyl (C=O) groups excluding carboxylic acids is 1. The van der Waals surface area contributed by atoms with E-state index in [4.69, 9.17) is 10.5 Å². The molecule has 0 aliphatic carbocycles. The number of hydrogen-bond acceptors (Lipinski definition) is 6. The van der Waals surface area contributed by atoms with E-state index in [9.17, 15) is 15.0 Å². The van der Waals surface area contributed by atoms with Gasteiger partial charge in [-0.3, -0.25) is 0 Å². The van der Waals surface area contributed by atoms with E-state index >= 15 is 0 Å². The highest BCUT2D eigenvalue weighted by Gasteiger charge is 2.20. The number of aliphatic hydroxyl groups is 2. The Kier molecular flexibility index (Phi) is 6.73. The van der Waals surface area contributed by atoms with E-state index < -0.39 is 18.3 Å². The van der Waals surface area contributed by atoms with E-state index in [1.54, 1.807) is 13.0 Å². The van der Waals surface area contributed by atoms with Crippen LogP contribution in [0.1, 0.15) is 29.2 Å². The molecule has 7 nitrogen and oxygen atoms in total. The van der Waals surface area contributed by atoms with Crippen molar-refractivity contribution in [3.63, 3.8) is 0 Å². The van der Waals surface area contributed by atoms with Crippen LogP contribution in [-0.4, -0.2) is 33.9 Å². The van der Waals surface area contributed by atoms with Crippen LogP contribution in [0.15, 0.2) is 42.6 Å². The number of pyridine rings is 1. The first-order chi connectivity index (χ1) is 12.0. The lowest BCUT2D eigenvalue weighted by Crippen LogP contribution is -2.30. The summed E-state index contributed by atoms with van der Waals surface area (Å²) in [5.41, 5.74) is 7.71. The van der Waals surface area contributed by atoms with Gasteiger partial charge in [0.05, 0.1) is 6.10 Å². The number of hydrogen-bond donors (Lipinski definition) is 4. The lowest BCUT2D eigenvalue weighted by atomic mass is 10.00. The van der Waals surface area contributed by atoms with Crippen LogP contribution in [0.2, 0.25) is 0 Å². The Morgan fingerprint density at radius 3 is 2.72 bits per heavy atom. The average Bonchev–Trinajstić information content (AvgIpc) is 2.60. The number of nitrogens with one attached hydrogen (secondary N) is 1. The molecule has 1 aromatic heterocycles. The number of aliphatic hydroxyl groups excluding tert-OH is 2. The Labute approximate surface area is 146 Å². The molecular weight excluding hydrogens is 322 g/mol. The topological polar surface area (TPSA) is 118 Å². The van der Waals surface area contributed by atoms with Gasteiger partial charge in [-0.1, -0.05) is 30.3 Å². The summed E-state index contributed by atoms with van der Waals surface area (Å²) < 4.78 is 5.07. The highest BCUT2D eigenvalue weighted by molar-refractivity contribution is 5.67. The first-order valence-electron chi connectivity index (χ1n) is 8.00. The number of aryl methyl sites for hydroxylation is 1. The minimum Gasteiger partial charge on any atom is -0.445 e. The number of nitrogens with zero attached hydrogens (tertiary/aromatic N) is 1. The second-order valence-electron chi connectivity index (χ2n) is 5.76. The Bertz CT molecular complexity index is 694. The zero-order valence-corrected chi connectivity index (χ0v) is 14.1. The van der Waals surface area contributed by atoms with Gasteiger partial charge in [0.2, 0.25) is 0 Å². The fourth-order valence-corrected chi connectivity index (χ4v) is 2.36. The highest BCUT2D eigenvalue weighted by atomic mass is 16.5. The lowest BCUT2D eigenvalue weighted by molar-refractivity contribution is 0.0131. The zero-order chi connectivity index (χ0) is 18.2. The number of carbonyl (C=O) groups is 1. The number of ether oxygens (including phenoxy) is 1. The van der Waals surface area contributed by atoms with E-state index in [-0.39, 0.29) is 19.6 Å². The third-order valence-corrected chi connectivity index (χ3v) is 3.78. The van der Waals surface area contributed by atoms with Crippen molar-refractivity contribution in [2.75, 3.05) is 12.3 Å². The molecule has 2 aromatic rings. The molecule has 1 aromatic carbocycles. The van der Waals surface area contributed by atoms with Gasteiger partial charge in [0.25, 0.3) is 0 Å². The molecule has 25 heavy (non-hydrogen) atoms. The van der Waals surface area contributed by atoms with Crippen molar-refractivity contribution in [3.8, 4) is 0 Å². The minimum absolute atomic E-state index is 0.172. The van der Waals surface area contributed by atoms with E-state index in [1.807, 2.05) is 30.3 Å². The van der Waals surface area contributed by atoms with Gasteiger partial charge in [-0.05, 0) is 30.5 Å². The van der Waals surface area contributed by atoms with Gasteiger partial charge in [0.1, 0.15) is 18.5 Å². The van der Waals surface area contributed by atoms with Crippen LogP contribution in [0.4, 0.5) is 10.6 Å². The smallest absolute Gasteiger partial charge is 0.407 e. The van der Waals surface area contributed by atoms with Crippen LogP contribution in [0, 0.1) is 6.92 Å². The van der Waals surface area contributed by atoms with Gasteiger partial charge in [-0.2, -0.15) is 0 Å². The van der Waals surface area contributed by atoms with E-state index in [2.05, 4.69) is 10.3 Å². The summed E-state index contributed by atoms with van der Waals surface area (Å²) in [7, 11) is 0. The van der Waals surface area contributed by atoms with Crippen LogP contribution < -0.4 is 11.1 Å². The van der Waals surface area contributed by atoms with Gasteiger partial charge in [0, 0.05) is 18.3 Å². The molecule has 0 bridgehead atoms. The Balaban J connectivity index is 1.74. The van der Waals surface area contributed by atoms with Crippen LogP contribution in [-0.2, 0) is 11.3 Å². The van der Waals surface area contributed by atoms with E-state index in [0.29, 0.717) is 11.4 Å². The van der Waals surface area contributed by atoms with Crippen molar-refractivity contribution in [2.45, 2.75) is 32.2 Å². The molecule has 0 saturated heterocycles. The molecule has 2 atom stereocenters. The Hall–Kier alpha value is -2.64. The lowest BCUT2D eigenvalue weighted by Gasteiger charge is -2.19. The Morgan fingerprint density at radius 2 is 2.04 bits per heavy atom. The molecule has 2 unspecified atom stereocenters. The molecule has 1 amide bonds. The third kappa shape index (κ3) is 5.74. The van der Waals surface area contributed by atoms with E-state index in [0.717, 1.165) is 11.1 Å². The van der Waals surface area contributed by atoms with Crippen LogP contribution in [0.5, 0.6) is 0 Å².